The molecule has 0 aromatic heterocycles. The van der Waals surface area contributed by atoms with Crippen LogP contribution in [0.5, 0.6) is 0 Å². The summed E-state index contributed by atoms with van der Waals surface area (Å²) >= 11 is 0. The number of aliphatic carboxylic acids is 2. The first-order chi connectivity index (χ1) is 51.6. The van der Waals surface area contributed by atoms with Crippen molar-refractivity contribution in [2.24, 2.45) is 0 Å². The van der Waals surface area contributed by atoms with E-state index in [9.17, 15) is 26.3 Å². The molecule has 0 saturated carbocycles. The van der Waals surface area contributed by atoms with Gasteiger partial charge in [-0.1, -0.05) is 375 Å². The largest absolute Gasteiger partial charge is 2.00 e. The Hall–Kier alpha value is -9.69. The van der Waals surface area contributed by atoms with Gasteiger partial charge in [-0.3, -0.25) is 0 Å². The number of hydrogen-bond donors (Lipinski definition) is 0. The molecule has 0 N–H and O–H groups in total. The van der Waals surface area contributed by atoms with E-state index in [-0.39, 0.29) is 50.8 Å². The number of benzene rings is 14. The molecular formula is C92H66F6O4P4Ru2. The zero-order valence-electron chi connectivity index (χ0n) is 57.5. The average molecular weight is 1680 g/mol. The van der Waals surface area contributed by atoms with Crippen LogP contribution in [0.15, 0.2) is 376 Å². The average Bonchev–Trinajstić information content (AvgIpc) is 0.738. The summed E-state index contributed by atoms with van der Waals surface area (Å²) in [5, 5.41) is 36.7. The molecule has 0 aliphatic heterocycles. The summed E-state index contributed by atoms with van der Waals surface area (Å²) in [7, 11) is -3.29. The van der Waals surface area contributed by atoms with E-state index in [2.05, 4.69) is 388 Å². The van der Waals surface area contributed by atoms with Crippen LogP contribution in [0, 0.1) is 11.3 Å². The van der Waals surface area contributed by atoms with Crippen LogP contribution in [-0.4, -0.2) is 24.3 Å². The second-order valence-corrected chi connectivity index (χ2v) is 33.5. The van der Waals surface area contributed by atoms with Crippen molar-refractivity contribution in [2.45, 2.75) is 24.2 Å². The molecule has 4 nitrogen and oxygen atoms in total. The van der Waals surface area contributed by atoms with Crippen LogP contribution in [0.1, 0.15) is 45.2 Å². The van der Waals surface area contributed by atoms with Gasteiger partial charge in [0.15, 0.2) is 0 Å². The van der Waals surface area contributed by atoms with Crippen LogP contribution in [0.4, 0.5) is 26.3 Å². The van der Waals surface area contributed by atoms with E-state index in [4.69, 9.17) is 19.8 Å². The van der Waals surface area contributed by atoms with E-state index in [1.54, 1.807) is 0 Å². The number of fused-ring (bicyclic) bond motifs is 4. The zero-order valence-corrected chi connectivity index (χ0v) is 64.6. The fourth-order valence-corrected chi connectivity index (χ4v) is 23.8. The number of halogens is 6. The van der Waals surface area contributed by atoms with Gasteiger partial charge in [0.25, 0.3) is 0 Å². The Morgan fingerprint density at radius 3 is 0.769 bits per heavy atom. The van der Waals surface area contributed by atoms with Gasteiger partial charge in [0, 0.05) is 0 Å². The first-order valence-corrected chi connectivity index (χ1v) is 39.5. The summed E-state index contributed by atoms with van der Waals surface area (Å²) < 4.78 is 63.1. The van der Waals surface area contributed by atoms with Gasteiger partial charge in [-0.15, -0.1) is 27.0 Å². The van der Waals surface area contributed by atoms with Crippen molar-refractivity contribution < 1.29 is 85.1 Å². The molecule has 0 saturated heterocycles. The van der Waals surface area contributed by atoms with E-state index < -0.39 is 56.0 Å². The number of carbonyl (C=O) groups excluding carboxylic acids is 2. The molecule has 14 aromatic rings. The monoisotopic (exact) mass is 1680 g/mol. The first-order valence-electron chi connectivity index (χ1n) is 34.1. The standard InChI is InChI=1S/2C44H33P2.2C2HF3O2.2Ru/c2*1-5-19-35(20-6-1)45(36-21-7-2-8-22-36)41-31-29-33-17-13-15-27-39(33)43(41)44-40-28-16-14-18-34(40)30-32-42(44)46(37-23-9-3-10-24-37)38-25-11-4-12-26-38;2*3-2(4,5)1(6)7;;/h2*1-32,43H;2*(H,6,7);;/q2*-1;;;2*+2/p-2. The smallest absolute Gasteiger partial charge is 0.542 e. The van der Waals surface area contributed by atoms with Gasteiger partial charge < -0.3 is 19.8 Å². The Kier molecular flexibility index (Phi) is 27.1. The number of hydrogen-bond acceptors (Lipinski definition) is 4. The Morgan fingerprint density at radius 2 is 0.509 bits per heavy atom. The fraction of sp³-hybridized carbons (Fsp3) is 0.0435. The predicted molar refractivity (Wildman–Crippen MR) is 427 cm³/mol. The molecule has 2 aliphatic rings. The van der Waals surface area contributed by atoms with E-state index in [1.165, 1.54) is 119 Å². The minimum Gasteiger partial charge on any atom is -0.542 e. The normalized spacial score (nSPS) is 13.5. The maximum atomic E-state index is 10.5. The van der Waals surface area contributed by atoms with Crippen molar-refractivity contribution in [2.75, 3.05) is 0 Å². The molecule has 0 bridgehead atoms. The molecule has 0 fully saturated rings. The summed E-state index contributed by atoms with van der Waals surface area (Å²) in [6, 6.07) is 135. The number of allylic oxidation sites excluding steroid dienone is 2. The molecule has 108 heavy (non-hydrogen) atoms. The predicted octanol–water partition coefficient (Wildman–Crippen LogP) is 17.4. The number of rotatable bonds is 14. The van der Waals surface area contributed by atoms with Crippen molar-refractivity contribution in [3.8, 4) is 0 Å². The van der Waals surface area contributed by atoms with Crippen molar-refractivity contribution in [1.82, 2.24) is 0 Å². The quantitative estimate of drug-likeness (QED) is 0.0470. The third-order valence-electron chi connectivity index (χ3n) is 18.1. The number of carboxylic acid groups (broad SMARTS) is 2. The molecule has 0 radical (unpaired) electrons. The van der Waals surface area contributed by atoms with Crippen LogP contribution in [0.3, 0.4) is 0 Å². The summed E-state index contributed by atoms with van der Waals surface area (Å²) in [4.78, 5) is 17.6. The third kappa shape index (κ3) is 18.4. The minimum absolute atomic E-state index is 0. The molecule has 2 aliphatic carbocycles. The SMILES string of the molecule is C1=C[C-](P(c2ccccc2)c2ccccc2)C(c2c(P(c3ccccc3)c3ccccc3)ccc3ccccc23)c2ccccc21.C1=C[C-](P(c2ccccc2)c2ccccc2)C(c2c(P(c3ccccc3)c3ccccc3)ccc3ccccc23)c2ccccc21.O=C([O-])C(F)(F)F.O=C([O-])C(F)(F)F.[Ru+2].[Ru+2]. The Balaban J connectivity index is 0.000000180. The summed E-state index contributed by atoms with van der Waals surface area (Å²) in [6.45, 7) is 0. The molecule has 16 heteroatoms. The van der Waals surface area contributed by atoms with Gasteiger partial charge >= 0.3 is 51.3 Å². The van der Waals surface area contributed by atoms with Crippen LogP contribution in [0.25, 0.3) is 33.7 Å². The van der Waals surface area contributed by atoms with E-state index >= 15 is 0 Å². The third-order valence-corrected chi connectivity index (χ3v) is 28.2. The second-order valence-electron chi connectivity index (χ2n) is 24.7. The molecule has 2 unspecified atom stereocenters. The van der Waals surface area contributed by atoms with Crippen LogP contribution >= 0.6 is 31.7 Å². The molecule has 0 heterocycles. The Labute approximate surface area is 655 Å². The maximum Gasteiger partial charge on any atom is 2.00 e. The van der Waals surface area contributed by atoms with Crippen LogP contribution in [0.2, 0.25) is 0 Å². The van der Waals surface area contributed by atoms with Crippen LogP contribution < -0.4 is 63.3 Å². The zero-order chi connectivity index (χ0) is 73.6. The number of alkyl halides is 6. The maximum absolute atomic E-state index is 10.5. The molecule has 0 amide bonds. The van der Waals surface area contributed by atoms with Gasteiger partial charge in [-0.2, -0.15) is 37.7 Å². The topological polar surface area (TPSA) is 80.3 Å². The van der Waals surface area contributed by atoms with E-state index in [0.717, 1.165) is 0 Å². The van der Waals surface area contributed by atoms with Crippen LogP contribution in [-0.2, 0) is 48.5 Å². The molecule has 16 rings (SSSR count). The molecular weight excluding hydrogens is 1610 g/mol. The van der Waals surface area contributed by atoms with Crippen molar-refractivity contribution in [3.05, 3.63) is 421 Å². The summed E-state index contributed by atoms with van der Waals surface area (Å²) in [5.41, 5.74) is 11.2. The van der Waals surface area contributed by atoms with Crippen molar-refractivity contribution >= 4 is 130 Å². The van der Waals surface area contributed by atoms with E-state index in [0.29, 0.717) is 0 Å². The van der Waals surface area contributed by atoms with Gasteiger partial charge in [-0.25, -0.2) is 24.3 Å². The summed E-state index contributed by atoms with van der Waals surface area (Å²) in [5.74, 6) is -5.84. The van der Waals surface area contributed by atoms with Gasteiger partial charge in [-0.05, 0) is 113 Å². The first kappa shape index (κ1) is 79.4. The van der Waals surface area contributed by atoms with Gasteiger partial charge in [0.2, 0.25) is 0 Å². The molecule has 2 atom stereocenters. The second kappa shape index (κ2) is 36.9. The molecule has 0 spiro atoms. The van der Waals surface area contributed by atoms with Gasteiger partial charge in [0.05, 0.1) is 0 Å². The summed E-state index contributed by atoms with van der Waals surface area (Å²) in [6.07, 6.45) is -0.774. The van der Waals surface area contributed by atoms with E-state index in [1.807, 2.05) is 0 Å². The molecule has 14 aromatic carbocycles. The minimum atomic E-state index is -5.19. The molecule has 536 valence electrons. The fourth-order valence-electron chi connectivity index (χ4n) is 13.7. The Bertz CT molecular complexity index is 4850. The Morgan fingerprint density at radius 1 is 0.287 bits per heavy atom. The number of carbonyl (C=O) groups is 2. The van der Waals surface area contributed by atoms with Gasteiger partial charge in [0.1, 0.15) is 11.9 Å². The van der Waals surface area contributed by atoms with Crippen molar-refractivity contribution in [3.63, 3.8) is 0 Å². The van der Waals surface area contributed by atoms with Crippen molar-refractivity contribution in [1.29, 1.82) is 0 Å². The number of carboxylic acids is 2.